The largest absolute Gasteiger partial charge is 0.508 e. The van der Waals surface area contributed by atoms with Crippen molar-refractivity contribution in [2.45, 2.75) is 12.6 Å². The minimum absolute atomic E-state index is 0.334. The highest BCUT2D eigenvalue weighted by Crippen LogP contribution is 2.17. The monoisotopic (exact) mass is 285 g/mol. The molecule has 1 heterocycles. The molecule has 0 aliphatic carbocycles. The zero-order valence-electron chi connectivity index (χ0n) is 9.10. The molecule has 1 aliphatic rings. The second-order valence-electron chi connectivity index (χ2n) is 4.02. The number of morpholine rings is 1. The van der Waals surface area contributed by atoms with Gasteiger partial charge in [0.1, 0.15) is 5.75 Å². The lowest BCUT2D eigenvalue weighted by molar-refractivity contribution is -0.00214. The number of rotatable bonds is 3. The highest BCUT2D eigenvalue weighted by molar-refractivity contribution is 9.09. The minimum atomic E-state index is 0.334. The van der Waals surface area contributed by atoms with Crippen LogP contribution in [-0.2, 0) is 11.3 Å². The molecule has 88 valence electrons. The van der Waals surface area contributed by atoms with Gasteiger partial charge in [-0.25, -0.2) is 0 Å². The highest BCUT2D eigenvalue weighted by Gasteiger charge is 2.21. The Kier molecular flexibility index (Phi) is 4.21. The first-order chi connectivity index (χ1) is 7.79. The van der Waals surface area contributed by atoms with Crippen LogP contribution in [0, 0.1) is 0 Å². The van der Waals surface area contributed by atoms with Crippen molar-refractivity contribution in [3.8, 4) is 5.75 Å². The normalized spacial score (nSPS) is 22.2. The smallest absolute Gasteiger partial charge is 0.115 e. The standard InChI is InChI=1S/C12H16BrNO2/c13-7-11-9-16-5-4-14(11)8-10-2-1-3-12(15)6-10/h1-3,6,11,15H,4-5,7-9H2. The number of aromatic hydroxyl groups is 1. The molecule has 0 saturated carbocycles. The van der Waals surface area contributed by atoms with E-state index in [0.717, 1.165) is 37.2 Å². The predicted octanol–water partition coefficient (Wildman–Crippen LogP) is 1.99. The van der Waals surface area contributed by atoms with Gasteiger partial charge >= 0.3 is 0 Å². The van der Waals surface area contributed by atoms with Crippen molar-refractivity contribution in [3.63, 3.8) is 0 Å². The van der Waals surface area contributed by atoms with Gasteiger partial charge in [-0.3, -0.25) is 4.90 Å². The van der Waals surface area contributed by atoms with Crippen LogP contribution in [0.25, 0.3) is 0 Å². The molecule has 1 unspecified atom stereocenters. The van der Waals surface area contributed by atoms with E-state index in [4.69, 9.17) is 4.74 Å². The Balaban J connectivity index is 2.02. The number of hydrogen-bond acceptors (Lipinski definition) is 3. The first-order valence-electron chi connectivity index (χ1n) is 5.45. The van der Waals surface area contributed by atoms with Crippen LogP contribution in [0.5, 0.6) is 5.75 Å². The molecule has 0 spiro atoms. The lowest BCUT2D eigenvalue weighted by Crippen LogP contribution is -2.45. The number of benzene rings is 1. The van der Waals surface area contributed by atoms with Crippen molar-refractivity contribution < 1.29 is 9.84 Å². The van der Waals surface area contributed by atoms with Gasteiger partial charge in [0.15, 0.2) is 0 Å². The average molecular weight is 286 g/mol. The number of halogens is 1. The van der Waals surface area contributed by atoms with E-state index in [1.54, 1.807) is 6.07 Å². The van der Waals surface area contributed by atoms with E-state index in [2.05, 4.69) is 20.8 Å². The Morgan fingerprint density at radius 1 is 1.50 bits per heavy atom. The second-order valence-corrected chi connectivity index (χ2v) is 4.67. The van der Waals surface area contributed by atoms with E-state index >= 15 is 0 Å². The summed E-state index contributed by atoms with van der Waals surface area (Å²) in [5.74, 6) is 0.334. The molecule has 0 bridgehead atoms. The van der Waals surface area contributed by atoms with Crippen molar-refractivity contribution in [3.05, 3.63) is 29.8 Å². The Labute approximate surface area is 104 Å². The van der Waals surface area contributed by atoms with E-state index in [0.29, 0.717) is 11.8 Å². The first-order valence-corrected chi connectivity index (χ1v) is 6.57. The summed E-state index contributed by atoms with van der Waals surface area (Å²) >= 11 is 3.51. The fourth-order valence-corrected chi connectivity index (χ4v) is 2.53. The average Bonchev–Trinajstić information content (AvgIpc) is 2.30. The van der Waals surface area contributed by atoms with Crippen LogP contribution in [0.2, 0.25) is 0 Å². The number of phenolic OH excluding ortho intramolecular Hbond substituents is 1. The van der Waals surface area contributed by atoms with Crippen molar-refractivity contribution >= 4 is 15.9 Å². The third-order valence-electron chi connectivity index (χ3n) is 2.82. The summed E-state index contributed by atoms with van der Waals surface area (Å²) in [6.45, 7) is 3.40. The van der Waals surface area contributed by atoms with Crippen LogP contribution in [-0.4, -0.2) is 41.1 Å². The summed E-state index contributed by atoms with van der Waals surface area (Å²) in [6.07, 6.45) is 0. The van der Waals surface area contributed by atoms with Gasteiger partial charge in [-0.15, -0.1) is 0 Å². The summed E-state index contributed by atoms with van der Waals surface area (Å²) < 4.78 is 5.44. The Bertz CT molecular complexity index is 346. The molecular formula is C12H16BrNO2. The molecule has 1 atom stereocenters. The van der Waals surface area contributed by atoms with Crippen LogP contribution in [0.3, 0.4) is 0 Å². The van der Waals surface area contributed by atoms with Crippen LogP contribution >= 0.6 is 15.9 Å². The molecule has 0 amide bonds. The van der Waals surface area contributed by atoms with Gasteiger partial charge in [0.2, 0.25) is 0 Å². The van der Waals surface area contributed by atoms with Gasteiger partial charge in [0.25, 0.3) is 0 Å². The van der Waals surface area contributed by atoms with Gasteiger partial charge < -0.3 is 9.84 Å². The number of phenols is 1. The predicted molar refractivity (Wildman–Crippen MR) is 66.9 cm³/mol. The lowest BCUT2D eigenvalue weighted by atomic mass is 10.1. The Morgan fingerprint density at radius 2 is 2.38 bits per heavy atom. The topological polar surface area (TPSA) is 32.7 Å². The summed E-state index contributed by atoms with van der Waals surface area (Å²) in [7, 11) is 0. The fourth-order valence-electron chi connectivity index (χ4n) is 1.93. The summed E-state index contributed by atoms with van der Waals surface area (Å²) in [5, 5.41) is 10.3. The van der Waals surface area contributed by atoms with Gasteiger partial charge in [0, 0.05) is 24.5 Å². The zero-order valence-corrected chi connectivity index (χ0v) is 10.7. The lowest BCUT2D eigenvalue weighted by Gasteiger charge is -2.34. The van der Waals surface area contributed by atoms with Crippen LogP contribution < -0.4 is 0 Å². The van der Waals surface area contributed by atoms with E-state index in [-0.39, 0.29) is 0 Å². The second kappa shape index (κ2) is 5.66. The van der Waals surface area contributed by atoms with Gasteiger partial charge in [-0.1, -0.05) is 28.1 Å². The maximum atomic E-state index is 9.41. The van der Waals surface area contributed by atoms with Crippen molar-refractivity contribution in [2.24, 2.45) is 0 Å². The number of nitrogens with zero attached hydrogens (tertiary/aromatic N) is 1. The molecule has 1 N–H and O–H groups in total. The summed E-state index contributed by atoms with van der Waals surface area (Å²) in [5.41, 5.74) is 1.15. The molecule has 1 aromatic carbocycles. The van der Waals surface area contributed by atoms with Gasteiger partial charge in [-0.05, 0) is 17.7 Å². The molecule has 1 aromatic rings. The molecule has 3 nitrogen and oxygen atoms in total. The minimum Gasteiger partial charge on any atom is -0.508 e. The molecular weight excluding hydrogens is 270 g/mol. The molecule has 1 fully saturated rings. The third-order valence-corrected chi connectivity index (χ3v) is 3.57. The molecule has 16 heavy (non-hydrogen) atoms. The maximum absolute atomic E-state index is 9.41. The van der Waals surface area contributed by atoms with Crippen LogP contribution in [0.1, 0.15) is 5.56 Å². The summed E-state index contributed by atoms with van der Waals surface area (Å²) in [4.78, 5) is 2.38. The summed E-state index contributed by atoms with van der Waals surface area (Å²) in [6, 6.07) is 7.87. The Hall–Kier alpha value is -0.580. The fraction of sp³-hybridized carbons (Fsp3) is 0.500. The van der Waals surface area contributed by atoms with E-state index in [9.17, 15) is 5.11 Å². The number of ether oxygens (including phenoxy) is 1. The van der Waals surface area contributed by atoms with Crippen molar-refractivity contribution in [1.29, 1.82) is 0 Å². The maximum Gasteiger partial charge on any atom is 0.115 e. The SMILES string of the molecule is Oc1cccc(CN2CCOCC2CBr)c1. The number of alkyl halides is 1. The third kappa shape index (κ3) is 2.97. The van der Waals surface area contributed by atoms with Crippen molar-refractivity contribution in [2.75, 3.05) is 25.1 Å². The molecule has 4 heteroatoms. The molecule has 2 rings (SSSR count). The quantitative estimate of drug-likeness (QED) is 0.863. The molecule has 0 aromatic heterocycles. The highest BCUT2D eigenvalue weighted by atomic mass is 79.9. The van der Waals surface area contributed by atoms with Crippen LogP contribution in [0.4, 0.5) is 0 Å². The molecule has 0 radical (unpaired) electrons. The van der Waals surface area contributed by atoms with E-state index in [1.807, 2.05) is 18.2 Å². The zero-order chi connectivity index (χ0) is 11.4. The Morgan fingerprint density at radius 3 is 3.12 bits per heavy atom. The van der Waals surface area contributed by atoms with E-state index in [1.165, 1.54) is 0 Å². The van der Waals surface area contributed by atoms with E-state index < -0.39 is 0 Å². The van der Waals surface area contributed by atoms with Crippen molar-refractivity contribution in [1.82, 2.24) is 4.90 Å². The molecule has 1 aliphatic heterocycles. The number of hydrogen-bond donors (Lipinski definition) is 1. The van der Waals surface area contributed by atoms with Gasteiger partial charge in [-0.2, -0.15) is 0 Å². The molecule has 1 saturated heterocycles. The first kappa shape index (κ1) is 11.9. The van der Waals surface area contributed by atoms with Crippen LogP contribution in [0.15, 0.2) is 24.3 Å². The van der Waals surface area contributed by atoms with Gasteiger partial charge in [0.05, 0.1) is 13.2 Å².